The van der Waals surface area contributed by atoms with Crippen molar-refractivity contribution in [2.45, 2.75) is 6.54 Å². The lowest BCUT2D eigenvalue weighted by atomic mass is 10.1. The maximum atomic E-state index is 11.9. The van der Waals surface area contributed by atoms with Gasteiger partial charge >= 0.3 is 0 Å². The molecule has 0 spiro atoms. The van der Waals surface area contributed by atoms with E-state index in [1.807, 2.05) is 41.8 Å². The van der Waals surface area contributed by atoms with Crippen LogP contribution in [-0.2, 0) is 6.54 Å². The Morgan fingerprint density at radius 2 is 2.09 bits per heavy atom. The molecule has 0 aliphatic carbocycles. The van der Waals surface area contributed by atoms with Crippen molar-refractivity contribution in [2.75, 3.05) is 0 Å². The number of hydrogen-bond donors (Lipinski definition) is 1. The smallest absolute Gasteiger partial charge is 0.261 e. The van der Waals surface area contributed by atoms with Crippen molar-refractivity contribution in [2.24, 2.45) is 0 Å². The Labute approximate surface area is 139 Å². The molecule has 114 valence electrons. The Balaban J connectivity index is 1.45. The van der Waals surface area contributed by atoms with Crippen LogP contribution in [0.15, 0.2) is 48.1 Å². The zero-order valence-corrected chi connectivity index (χ0v) is 13.5. The van der Waals surface area contributed by atoms with E-state index in [-0.39, 0.29) is 5.91 Å². The number of thiophene rings is 1. The van der Waals surface area contributed by atoms with Crippen LogP contribution in [-0.4, -0.2) is 25.7 Å². The molecule has 0 bridgehead atoms. The number of benzene rings is 1. The topological polar surface area (TPSA) is 72.2 Å². The van der Waals surface area contributed by atoms with Gasteiger partial charge in [-0.25, -0.2) is 0 Å². The van der Waals surface area contributed by atoms with Crippen LogP contribution >= 0.6 is 22.7 Å². The molecule has 0 aliphatic rings. The highest BCUT2D eigenvalue weighted by Crippen LogP contribution is 2.24. The minimum absolute atomic E-state index is 0.0438. The van der Waals surface area contributed by atoms with Gasteiger partial charge in [-0.15, -0.1) is 21.5 Å². The molecule has 6 nitrogen and oxygen atoms in total. The quantitative estimate of drug-likeness (QED) is 0.619. The fourth-order valence-corrected chi connectivity index (χ4v) is 3.58. The largest absolute Gasteiger partial charge is 0.347 e. The van der Waals surface area contributed by atoms with Gasteiger partial charge in [0, 0.05) is 12.1 Å². The zero-order chi connectivity index (χ0) is 15.6. The number of rotatable bonds is 4. The van der Waals surface area contributed by atoms with Gasteiger partial charge in [0.2, 0.25) is 4.96 Å². The van der Waals surface area contributed by atoms with Crippen LogP contribution in [0.25, 0.3) is 15.5 Å². The Morgan fingerprint density at radius 1 is 1.22 bits per heavy atom. The Kier molecular flexibility index (Phi) is 3.60. The normalized spacial score (nSPS) is 11.0. The SMILES string of the molecule is O=C(NCc1ccc(-c2nn3cnnc3s2)cc1)c1cccs1. The summed E-state index contributed by atoms with van der Waals surface area (Å²) in [6.07, 6.45) is 1.59. The third kappa shape index (κ3) is 2.86. The van der Waals surface area contributed by atoms with Crippen molar-refractivity contribution >= 4 is 33.5 Å². The number of fused-ring (bicyclic) bond motifs is 1. The summed E-state index contributed by atoms with van der Waals surface area (Å²) in [4.78, 5) is 13.4. The second-order valence-corrected chi connectivity index (χ2v) is 6.73. The molecule has 0 saturated heterocycles. The van der Waals surface area contributed by atoms with Crippen molar-refractivity contribution in [1.82, 2.24) is 25.1 Å². The van der Waals surface area contributed by atoms with E-state index in [1.165, 1.54) is 22.7 Å². The van der Waals surface area contributed by atoms with E-state index in [4.69, 9.17) is 0 Å². The van der Waals surface area contributed by atoms with Crippen molar-refractivity contribution < 1.29 is 4.79 Å². The van der Waals surface area contributed by atoms with E-state index in [2.05, 4.69) is 20.6 Å². The van der Waals surface area contributed by atoms with Gasteiger partial charge in [-0.3, -0.25) is 4.79 Å². The van der Waals surface area contributed by atoms with E-state index in [0.29, 0.717) is 6.54 Å². The van der Waals surface area contributed by atoms with E-state index < -0.39 is 0 Å². The zero-order valence-electron chi connectivity index (χ0n) is 11.8. The molecule has 0 aliphatic heterocycles. The van der Waals surface area contributed by atoms with Crippen LogP contribution in [0.4, 0.5) is 0 Å². The summed E-state index contributed by atoms with van der Waals surface area (Å²) in [5, 5.41) is 17.9. The summed E-state index contributed by atoms with van der Waals surface area (Å²) in [5.41, 5.74) is 2.07. The van der Waals surface area contributed by atoms with Gasteiger partial charge in [0.05, 0.1) is 4.88 Å². The predicted molar refractivity (Wildman–Crippen MR) is 89.6 cm³/mol. The monoisotopic (exact) mass is 341 g/mol. The number of carbonyl (C=O) groups is 1. The van der Waals surface area contributed by atoms with Gasteiger partial charge in [0.25, 0.3) is 5.91 Å². The molecule has 1 N–H and O–H groups in total. The summed E-state index contributed by atoms with van der Waals surface area (Å²) < 4.78 is 1.66. The summed E-state index contributed by atoms with van der Waals surface area (Å²) in [6, 6.07) is 11.7. The molecule has 1 amide bonds. The fraction of sp³-hybridized carbons (Fsp3) is 0.0667. The minimum atomic E-state index is -0.0438. The number of nitrogens with one attached hydrogen (secondary N) is 1. The summed E-state index contributed by atoms with van der Waals surface area (Å²) in [6.45, 7) is 0.502. The molecule has 4 rings (SSSR count). The van der Waals surface area contributed by atoms with Crippen LogP contribution in [0.5, 0.6) is 0 Å². The lowest BCUT2D eigenvalue weighted by Crippen LogP contribution is -2.21. The second-order valence-electron chi connectivity index (χ2n) is 4.82. The van der Waals surface area contributed by atoms with Crippen LogP contribution < -0.4 is 5.32 Å². The Bertz CT molecular complexity index is 912. The minimum Gasteiger partial charge on any atom is -0.347 e. The number of nitrogens with zero attached hydrogens (tertiary/aromatic N) is 4. The van der Waals surface area contributed by atoms with E-state index >= 15 is 0 Å². The van der Waals surface area contributed by atoms with Gasteiger partial charge in [-0.2, -0.15) is 9.61 Å². The average molecular weight is 341 g/mol. The van der Waals surface area contributed by atoms with E-state index in [1.54, 1.807) is 10.8 Å². The van der Waals surface area contributed by atoms with E-state index in [9.17, 15) is 4.79 Å². The Hall–Kier alpha value is -2.58. The number of aromatic nitrogens is 4. The van der Waals surface area contributed by atoms with Gasteiger partial charge in [0.1, 0.15) is 11.3 Å². The van der Waals surface area contributed by atoms with Crippen molar-refractivity contribution in [3.05, 3.63) is 58.5 Å². The number of hydrogen-bond acceptors (Lipinski definition) is 6. The highest BCUT2D eigenvalue weighted by atomic mass is 32.1. The molecule has 3 heterocycles. The predicted octanol–water partition coefficient (Wildman–Crippen LogP) is 2.84. The molecular weight excluding hydrogens is 330 g/mol. The molecule has 0 saturated carbocycles. The first-order valence-corrected chi connectivity index (χ1v) is 8.57. The molecule has 1 aromatic carbocycles. The summed E-state index contributed by atoms with van der Waals surface area (Å²) >= 11 is 2.93. The molecule has 0 atom stereocenters. The first-order valence-electron chi connectivity index (χ1n) is 6.87. The molecule has 0 radical (unpaired) electrons. The Morgan fingerprint density at radius 3 is 2.83 bits per heavy atom. The molecule has 0 fully saturated rings. The van der Waals surface area contributed by atoms with Gasteiger partial charge < -0.3 is 5.32 Å². The van der Waals surface area contributed by atoms with Crippen molar-refractivity contribution in [3.63, 3.8) is 0 Å². The van der Waals surface area contributed by atoms with Gasteiger partial charge in [-0.05, 0) is 17.0 Å². The van der Waals surface area contributed by atoms with Gasteiger partial charge in [-0.1, -0.05) is 41.7 Å². The second kappa shape index (κ2) is 5.90. The number of amides is 1. The third-order valence-corrected chi connectivity index (χ3v) is 5.12. The number of carbonyl (C=O) groups excluding carboxylic acids is 1. The maximum absolute atomic E-state index is 11.9. The van der Waals surface area contributed by atoms with Gasteiger partial charge in [0.15, 0.2) is 0 Å². The average Bonchev–Trinajstić information content (AvgIpc) is 3.29. The highest BCUT2D eigenvalue weighted by Gasteiger charge is 2.08. The maximum Gasteiger partial charge on any atom is 0.261 e. The first kappa shape index (κ1) is 14.0. The molecule has 23 heavy (non-hydrogen) atoms. The summed E-state index contributed by atoms with van der Waals surface area (Å²) in [7, 11) is 0. The third-order valence-electron chi connectivity index (χ3n) is 3.29. The first-order chi connectivity index (χ1) is 11.3. The standard InChI is InChI=1S/C15H11N5OS2/c21-13(12-2-1-7-22-12)16-8-10-3-5-11(6-4-10)14-19-20-9-17-18-15(20)23-14/h1-7,9H,8H2,(H,16,21). The van der Waals surface area contributed by atoms with Crippen LogP contribution in [0.3, 0.4) is 0 Å². The van der Waals surface area contributed by atoms with Crippen molar-refractivity contribution in [3.8, 4) is 10.6 Å². The molecule has 3 aromatic heterocycles. The molecule has 0 unspecified atom stereocenters. The van der Waals surface area contributed by atoms with Crippen LogP contribution in [0, 0.1) is 0 Å². The van der Waals surface area contributed by atoms with Crippen LogP contribution in [0.2, 0.25) is 0 Å². The summed E-state index contributed by atoms with van der Waals surface area (Å²) in [5.74, 6) is -0.0438. The van der Waals surface area contributed by atoms with Crippen molar-refractivity contribution in [1.29, 1.82) is 0 Å². The van der Waals surface area contributed by atoms with E-state index in [0.717, 1.165) is 26.0 Å². The van der Waals surface area contributed by atoms with Crippen LogP contribution in [0.1, 0.15) is 15.2 Å². The molecule has 4 aromatic rings. The molecular formula is C15H11N5OS2. The highest BCUT2D eigenvalue weighted by molar-refractivity contribution is 7.19. The lowest BCUT2D eigenvalue weighted by Gasteiger charge is -2.04. The molecule has 8 heteroatoms. The lowest BCUT2D eigenvalue weighted by molar-refractivity contribution is 0.0955. The fourth-order valence-electron chi connectivity index (χ4n) is 2.12.